The zero-order chi connectivity index (χ0) is 64.9. The van der Waals surface area contributed by atoms with Gasteiger partial charge in [-0.05, 0) is 122 Å². The van der Waals surface area contributed by atoms with Gasteiger partial charge >= 0.3 is 0 Å². The van der Waals surface area contributed by atoms with Crippen molar-refractivity contribution < 1.29 is 17.7 Å². The molecule has 19 rings (SSSR count). The molecule has 0 atom stereocenters. The molecule has 0 spiro atoms. The molecule has 0 aliphatic rings. The number of pyridine rings is 1. The Morgan fingerprint density at radius 2 is 0.474 bits per heavy atom. The lowest BCUT2D eigenvalue weighted by atomic mass is 9.96. The third kappa shape index (κ3) is 10.9. The van der Waals surface area contributed by atoms with Gasteiger partial charge in [0, 0.05) is 66.6 Å². The van der Waals surface area contributed by atoms with Gasteiger partial charge in [0.25, 0.3) is 0 Å². The highest BCUT2D eigenvalue weighted by Crippen LogP contribution is 2.41. The first kappa shape index (κ1) is 57.7. The molecule has 0 fully saturated rings. The van der Waals surface area contributed by atoms with Gasteiger partial charge in [-0.2, -0.15) is 0 Å². The van der Waals surface area contributed by atoms with E-state index < -0.39 is 0 Å². The number of aryl methyl sites for hydroxylation is 3. The molecular formula is C83H54N10O4. The van der Waals surface area contributed by atoms with Crippen molar-refractivity contribution in [2.75, 3.05) is 0 Å². The highest BCUT2D eigenvalue weighted by atomic mass is 16.3. The topological polar surface area (TPSA) is 181 Å². The van der Waals surface area contributed by atoms with Gasteiger partial charge in [-0.1, -0.05) is 182 Å². The lowest BCUT2D eigenvalue weighted by Gasteiger charge is -2.11. The summed E-state index contributed by atoms with van der Waals surface area (Å²) in [5, 5.41) is 8.52. The van der Waals surface area contributed by atoms with E-state index in [9.17, 15) is 0 Å². The Hall–Kier alpha value is -13.2. The molecule has 8 heterocycles. The number of rotatable bonds is 8. The van der Waals surface area contributed by atoms with E-state index >= 15 is 0 Å². The molecule has 0 N–H and O–H groups in total. The number of furan rings is 4. The monoisotopic (exact) mass is 1250 g/mol. The molecule has 19 aromatic rings. The van der Waals surface area contributed by atoms with Gasteiger partial charge in [0.05, 0.1) is 22.3 Å². The van der Waals surface area contributed by atoms with Gasteiger partial charge in [0.1, 0.15) is 62.1 Å². The maximum atomic E-state index is 6.28. The summed E-state index contributed by atoms with van der Waals surface area (Å²) < 4.78 is 24.8. The van der Waals surface area contributed by atoms with Crippen LogP contribution in [0.5, 0.6) is 0 Å². The maximum Gasteiger partial charge on any atom is 0.167 e. The van der Waals surface area contributed by atoms with Crippen LogP contribution in [0.2, 0.25) is 0 Å². The Balaban J connectivity index is 0.000000112. The smallest absolute Gasteiger partial charge is 0.167 e. The molecule has 460 valence electrons. The molecule has 0 aliphatic heterocycles. The van der Waals surface area contributed by atoms with Crippen LogP contribution < -0.4 is 0 Å². The summed E-state index contributed by atoms with van der Waals surface area (Å²) in [7, 11) is 0. The zero-order valence-electron chi connectivity index (χ0n) is 52.6. The van der Waals surface area contributed by atoms with Gasteiger partial charge in [-0.15, -0.1) is 0 Å². The van der Waals surface area contributed by atoms with E-state index in [2.05, 4.69) is 145 Å². The second-order valence-corrected chi connectivity index (χ2v) is 23.5. The van der Waals surface area contributed by atoms with Crippen molar-refractivity contribution in [3.63, 3.8) is 0 Å². The number of hydrogen-bond donors (Lipinski definition) is 0. The number of nitrogens with zero attached hydrogens (tertiary/aromatic N) is 10. The van der Waals surface area contributed by atoms with E-state index in [0.29, 0.717) is 52.4 Å². The average molecular weight is 1260 g/mol. The van der Waals surface area contributed by atoms with Crippen molar-refractivity contribution in [2.45, 2.75) is 20.8 Å². The fourth-order valence-electron chi connectivity index (χ4n) is 12.7. The van der Waals surface area contributed by atoms with E-state index in [1.807, 2.05) is 166 Å². The summed E-state index contributed by atoms with van der Waals surface area (Å²) in [6.07, 6.45) is 3.46. The first-order valence-electron chi connectivity index (χ1n) is 31.8. The Bertz CT molecular complexity index is 6010. The van der Waals surface area contributed by atoms with Crippen LogP contribution in [0, 0.1) is 20.8 Å². The number of fused-ring (bicyclic) bond motifs is 12. The Kier molecular flexibility index (Phi) is 14.5. The molecule has 0 bridgehead atoms. The van der Waals surface area contributed by atoms with Crippen LogP contribution in [-0.4, -0.2) is 49.8 Å². The van der Waals surface area contributed by atoms with Crippen LogP contribution in [0.1, 0.15) is 17.5 Å². The highest BCUT2D eigenvalue weighted by molar-refractivity contribution is 6.12. The Morgan fingerprint density at radius 3 is 0.814 bits per heavy atom. The molecule has 8 aromatic heterocycles. The van der Waals surface area contributed by atoms with Crippen molar-refractivity contribution in [3.05, 3.63) is 291 Å². The van der Waals surface area contributed by atoms with Crippen LogP contribution in [0.15, 0.2) is 291 Å². The van der Waals surface area contributed by atoms with Crippen LogP contribution >= 0.6 is 0 Å². The molecule has 14 nitrogen and oxygen atoms in total. The summed E-state index contributed by atoms with van der Waals surface area (Å²) in [6.45, 7) is 5.66. The molecule has 0 saturated carbocycles. The van der Waals surface area contributed by atoms with Crippen molar-refractivity contribution in [1.29, 1.82) is 0 Å². The van der Waals surface area contributed by atoms with Gasteiger partial charge in [-0.3, -0.25) is 4.98 Å². The van der Waals surface area contributed by atoms with E-state index in [4.69, 9.17) is 37.6 Å². The minimum absolute atomic E-state index is 0.579. The van der Waals surface area contributed by atoms with E-state index in [1.54, 1.807) is 12.4 Å². The van der Waals surface area contributed by atoms with E-state index in [0.717, 1.165) is 143 Å². The normalized spacial score (nSPS) is 11.5. The molecule has 0 amide bonds. The molecular weight excluding hydrogens is 1200 g/mol. The number of para-hydroxylation sites is 8. The quantitative estimate of drug-likeness (QED) is 0.140. The van der Waals surface area contributed by atoms with Gasteiger partial charge in [0.15, 0.2) is 34.9 Å². The number of benzene rings is 11. The van der Waals surface area contributed by atoms with Crippen LogP contribution in [0.3, 0.4) is 0 Å². The Morgan fingerprint density at radius 1 is 0.206 bits per heavy atom. The SMILES string of the molecule is Cc1nc(-c2cc(-c3ccccc3)cc(-c3ccccc3)c2)nc(-c2cccc3c2oc2ccccc23)n1.Cc1nc(-c2cccc3c2oc2ccccc23)nc(-c2cccc3c2oc2ccccc23)n1.Cc1nc(-c2ccncc2)nc(-c2cccc3c2oc2ccccc23)n1. The van der Waals surface area contributed by atoms with Crippen molar-refractivity contribution in [2.24, 2.45) is 0 Å². The number of hydrogen-bond acceptors (Lipinski definition) is 14. The third-order valence-corrected chi connectivity index (χ3v) is 17.2. The fraction of sp³-hybridized carbons (Fsp3) is 0.0361. The van der Waals surface area contributed by atoms with Gasteiger partial charge in [-0.25, -0.2) is 44.9 Å². The van der Waals surface area contributed by atoms with Crippen LogP contribution in [0.25, 0.3) is 178 Å². The van der Waals surface area contributed by atoms with Crippen molar-refractivity contribution in [3.8, 4) is 90.6 Å². The third-order valence-electron chi connectivity index (χ3n) is 17.2. The molecule has 11 aromatic carbocycles. The van der Waals surface area contributed by atoms with Crippen molar-refractivity contribution in [1.82, 2.24) is 49.8 Å². The largest absolute Gasteiger partial charge is 0.455 e. The summed E-state index contributed by atoms with van der Waals surface area (Å²) in [5.74, 6) is 5.58. The predicted molar refractivity (Wildman–Crippen MR) is 384 cm³/mol. The second-order valence-electron chi connectivity index (χ2n) is 23.5. The molecule has 0 aliphatic carbocycles. The lowest BCUT2D eigenvalue weighted by molar-refractivity contribution is 0.668. The highest BCUT2D eigenvalue weighted by Gasteiger charge is 2.22. The average Bonchev–Trinajstić information content (AvgIpc) is 1.69. The maximum absolute atomic E-state index is 6.28. The summed E-state index contributed by atoms with van der Waals surface area (Å²) in [4.78, 5) is 46.4. The number of aromatic nitrogens is 10. The standard InChI is InChI=1S/C34H23N3O.C28H17N3O2.C21H14N4O/c1-22-35-33(37-34(36-22)30-17-10-16-29-28-15-8-9-18-31(28)38-32(29)30)27-20-25(23-11-4-2-5-12-23)19-26(21-27)24-13-6-3-7-14-24;1-16-29-27(21-12-6-10-19-17-8-2-4-14-23(17)32-25(19)21)31-28(30-16)22-13-7-11-20-18-9-3-5-15-24(18)33-26(20)22;1-13-23-20(14-9-11-22-12-10-14)25-21(24-13)17-7-4-6-16-15-5-2-3-8-18(15)26-19(16)17/h2-21H,1H3;2-15H,1H3;2-12H,1H3. The van der Waals surface area contributed by atoms with Gasteiger partial charge in [0.2, 0.25) is 0 Å². The summed E-state index contributed by atoms with van der Waals surface area (Å²) >= 11 is 0. The minimum atomic E-state index is 0.579. The Labute approximate surface area is 554 Å². The molecule has 97 heavy (non-hydrogen) atoms. The van der Waals surface area contributed by atoms with E-state index in [-0.39, 0.29) is 0 Å². The first-order chi connectivity index (χ1) is 47.8. The fourth-order valence-corrected chi connectivity index (χ4v) is 12.7. The van der Waals surface area contributed by atoms with Gasteiger partial charge < -0.3 is 17.7 Å². The summed E-state index contributed by atoms with van der Waals surface area (Å²) in [5.41, 5.74) is 16.3. The first-order valence-corrected chi connectivity index (χ1v) is 31.8. The molecule has 0 radical (unpaired) electrons. The molecule has 14 heteroatoms. The molecule has 0 saturated heterocycles. The van der Waals surface area contributed by atoms with Crippen LogP contribution in [0.4, 0.5) is 0 Å². The van der Waals surface area contributed by atoms with E-state index in [1.165, 1.54) is 0 Å². The zero-order valence-corrected chi connectivity index (χ0v) is 52.6. The summed E-state index contributed by atoms with van der Waals surface area (Å²) in [6, 6.07) is 87.6. The molecule has 0 unspecified atom stereocenters. The predicted octanol–water partition coefficient (Wildman–Crippen LogP) is 20.9. The second kappa shape index (κ2) is 24.4. The lowest BCUT2D eigenvalue weighted by Crippen LogP contribution is -2.00. The van der Waals surface area contributed by atoms with Crippen LogP contribution in [-0.2, 0) is 0 Å². The van der Waals surface area contributed by atoms with Crippen molar-refractivity contribution >= 4 is 87.8 Å². The minimum Gasteiger partial charge on any atom is -0.455 e.